The summed E-state index contributed by atoms with van der Waals surface area (Å²) in [7, 11) is 2.09. The smallest absolute Gasteiger partial charge is 0.229 e. The fourth-order valence-electron chi connectivity index (χ4n) is 3.21. The molecule has 1 N–H and O–H groups in total. The largest absolute Gasteiger partial charge is 0.306 e. The average molecular weight is 367 g/mol. The van der Waals surface area contributed by atoms with Crippen LogP contribution in [0.5, 0.6) is 0 Å². The molecule has 6 nitrogen and oxygen atoms in total. The zero-order valence-corrected chi connectivity index (χ0v) is 15.7. The van der Waals surface area contributed by atoms with Crippen LogP contribution in [-0.4, -0.2) is 45.9 Å². The van der Waals surface area contributed by atoms with Gasteiger partial charge < -0.3 is 4.90 Å². The Morgan fingerprint density at radius 2 is 2.04 bits per heavy atom. The van der Waals surface area contributed by atoms with E-state index < -0.39 is 0 Å². The lowest BCUT2D eigenvalue weighted by molar-refractivity contribution is -0.121. The molecule has 4 rings (SSSR count). The van der Waals surface area contributed by atoms with E-state index >= 15 is 0 Å². The number of hydrogen-bond donors (Lipinski definition) is 1. The molecule has 1 aliphatic rings. The van der Waals surface area contributed by atoms with Crippen molar-refractivity contribution >= 4 is 34.1 Å². The number of rotatable bonds is 3. The first kappa shape index (κ1) is 17.1. The van der Waals surface area contributed by atoms with Crippen LogP contribution < -0.4 is 5.32 Å². The van der Waals surface area contributed by atoms with Gasteiger partial charge in [-0.05, 0) is 51.5 Å². The second kappa shape index (κ2) is 7.09. The molecule has 0 bridgehead atoms. The minimum absolute atomic E-state index is 0.0201. The molecule has 0 atom stereocenters. The lowest BCUT2D eigenvalue weighted by Gasteiger charge is -2.27. The number of piperidine rings is 1. The molecule has 26 heavy (non-hydrogen) atoms. The van der Waals surface area contributed by atoms with E-state index in [2.05, 4.69) is 38.3 Å². The molecule has 0 saturated carbocycles. The first-order valence-corrected chi connectivity index (χ1v) is 9.59. The van der Waals surface area contributed by atoms with E-state index in [4.69, 9.17) is 0 Å². The third-order valence-electron chi connectivity index (χ3n) is 4.81. The molecular formula is C19H21N5OS. The average Bonchev–Trinajstić information content (AvgIpc) is 3.08. The number of amides is 1. The van der Waals surface area contributed by atoms with Gasteiger partial charge in [0.15, 0.2) is 0 Å². The van der Waals surface area contributed by atoms with Crippen LogP contribution in [0.2, 0.25) is 0 Å². The fraction of sp³-hybridized carbons (Fsp3) is 0.368. The Bertz CT molecular complexity index is 946. The number of anilines is 1. The Morgan fingerprint density at radius 1 is 1.23 bits per heavy atom. The van der Waals surface area contributed by atoms with Crippen LogP contribution >= 0.6 is 11.3 Å². The second-order valence-electron chi connectivity index (χ2n) is 6.78. The van der Waals surface area contributed by atoms with Gasteiger partial charge in [-0.3, -0.25) is 10.1 Å². The van der Waals surface area contributed by atoms with E-state index in [9.17, 15) is 4.79 Å². The van der Waals surface area contributed by atoms with Crippen LogP contribution in [0, 0.1) is 12.8 Å². The molecule has 0 spiro atoms. The van der Waals surface area contributed by atoms with E-state index in [0.29, 0.717) is 5.95 Å². The number of carbonyl (C=O) groups excluding carboxylic acids is 1. The van der Waals surface area contributed by atoms with Gasteiger partial charge in [-0.25, -0.2) is 15.0 Å². The molecule has 1 amide bonds. The lowest BCUT2D eigenvalue weighted by atomic mass is 9.96. The maximum Gasteiger partial charge on any atom is 0.229 e. The first-order valence-electron chi connectivity index (χ1n) is 8.77. The molecule has 0 aliphatic carbocycles. The highest BCUT2D eigenvalue weighted by molar-refractivity contribution is 7.15. The maximum absolute atomic E-state index is 12.5. The van der Waals surface area contributed by atoms with Crippen molar-refractivity contribution < 1.29 is 4.79 Å². The summed E-state index contributed by atoms with van der Waals surface area (Å²) in [6.45, 7) is 3.90. The van der Waals surface area contributed by atoms with Gasteiger partial charge in [0.1, 0.15) is 0 Å². The van der Waals surface area contributed by atoms with E-state index in [1.165, 1.54) is 0 Å². The summed E-state index contributed by atoms with van der Waals surface area (Å²) in [6.07, 6.45) is 5.40. The Balaban J connectivity index is 1.55. The quantitative estimate of drug-likeness (QED) is 0.769. The van der Waals surface area contributed by atoms with Crippen molar-refractivity contribution in [3.8, 4) is 10.4 Å². The van der Waals surface area contributed by atoms with Gasteiger partial charge in [-0.15, -0.1) is 11.3 Å². The summed E-state index contributed by atoms with van der Waals surface area (Å²) >= 11 is 1.65. The zero-order valence-electron chi connectivity index (χ0n) is 14.9. The molecule has 3 heterocycles. The van der Waals surface area contributed by atoms with Gasteiger partial charge in [0, 0.05) is 23.7 Å². The van der Waals surface area contributed by atoms with Crippen LogP contribution in [0.3, 0.4) is 0 Å². The molecule has 1 aromatic carbocycles. The number of thiazole rings is 1. The van der Waals surface area contributed by atoms with Crippen LogP contribution in [-0.2, 0) is 4.79 Å². The molecule has 1 fully saturated rings. The summed E-state index contributed by atoms with van der Waals surface area (Å²) in [5, 5.41) is 4.88. The second-order valence-corrected chi connectivity index (χ2v) is 8.01. The summed E-state index contributed by atoms with van der Waals surface area (Å²) in [5.74, 6) is 0.433. The molecule has 0 radical (unpaired) electrons. The Labute approximate surface area is 156 Å². The normalized spacial score (nSPS) is 16.1. The molecule has 0 unspecified atom stereocenters. The van der Waals surface area contributed by atoms with Gasteiger partial charge in [-0.2, -0.15) is 0 Å². The highest BCUT2D eigenvalue weighted by atomic mass is 32.1. The van der Waals surface area contributed by atoms with Crippen molar-refractivity contribution in [1.29, 1.82) is 0 Å². The molecule has 1 saturated heterocycles. The predicted octanol–water partition coefficient (Wildman–Crippen LogP) is 3.34. The molecule has 134 valence electrons. The number of likely N-dealkylation sites (tertiary alicyclic amines) is 1. The van der Waals surface area contributed by atoms with Crippen LogP contribution in [0.25, 0.3) is 21.3 Å². The van der Waals surface area contributed by atoms with Gasteiger partial charge in [0.2, 0.25) is 11.9 Å². The molecule has 2 aromatic heterocycles. The van der Waals surface area contributed by atoms with Crippen molar-refractivity contribution in [1.82, 2.24) is 19.9 Å². The fourth-order valence-corrected chi connectivity index (χ4v) is 3.99. The summed E-state index contributed by atoms with van der Waals surface area (Å²) in [5.41, 5.74) is 1.90. The van der Waals surface area contributed by atoms with Gasteiger partial charge in [-0.1, -0.05) is 12.1 Å². The lowest BCUT2D eigenvalue weighted by Crippen LogP contribution is -2.36. The number of hydrogen-bond acceptors (Lipinski definition) is 6. The number of nitrogens with one attached hydrogen (secondary N) is 1. The van der Waals surface area contributed by atoms with Gasteiger partial charge >= 0.3 is 0 Å². The SMILES string of the molecule is Cc1ncc(-c2ccc3cnc(NC(=O)C4CCN(C)CC4)nc3c2)s1. The number of aryl methyl sites for hydroxylation is 1. The number of fused-ring (bicyclic) bond motifs is 1. The standard InChI is InChI=1S/C19H21N5OS/c1-12-20-11-17(26-12)14-3-4-15-10-21-19(22-16(15)9-14)23-18(25)13-5-7-24(2)8-6-13/h3-4,9-11,13H,5-8H2,1-2H3,(H,21,22,23,25). The number of aromatic nitrogens is 3. The Kier molecular flexibility index (Phi) is 4.65. The monoisotopic (exact) mass is 367 g/mol. The van der Waals surface area contributed by atoms with E-state index in [-0.39, 0.29) is 11.8 Å². The van der Waals surface area contributed by atoms with E-state index in [0.717, 1.165) is 52.3 Å². The topological polar surface area (TPSA) is 71.0 Å². The molecule has 7 heteroatoms. The predicted molar refractivity (Wildman–Crippen MR) is 104 cm³/mol. The van der Waals surface area contributed by atoms with Gasteiger partial charge in [0.25, 0.3) is 0 Å². The Hall–Kier alpha value is -2.38. The van der Waals surface area contributed by atoms with Crippen molar-refractivity contribution in [2.75, 3.05) is 25.5 Å². The van der Waals surface area contributed by atoms with Crippen molar-refractivity contribution in [2.24, 2.45) is 5.92 Å². The van der Waals surface area contributed by atoms with E-state index in [1.807, 2.05) is 25.3 Å². The third-order valence-corrected chi connectivity index (χ3v) is 5.77. The minimum Gasteiger partial charge on any atom is -0.306 e. The van der Waals surface area contributed by atoms with Crippen LogP contribution in [0.1, 0.15) is 17.8 Å². The van der Waals surface area contributed by atoms with E-state index in [1.54, 1.807) is 17.5 Å². The minimum atomic E-state index is 0.0201. The highest BCUT2D eigenvalue weighted by Crippen LogP contribution is 2.28. The van der Waals surface area contributed by atoms with Crippen molar-refractivity contribution in [3.05, 3.63) is 35.6 Å². The Morgan fingerprint density at radius 3 is 2.77 bits per heavy atom. The number of carbonyl (C=O) groups is 1. The maximum atomic E-state index is 12.5. The summed E-state index contributed by atoms with van der Waals surface area (Å²) in [6, 6.07) is 6.08. The summed E-state index contributed by atoms with van der Waals surface area (Å²) < 4.78 is 0. The third kappa shape index (κ3) is 3.59. The molecule has 1 aliphatic heterocycles. The first-order chi connectivity index (χ1) is 12.6. The van der Waals surface area contributed by atoms with Crippen molar-refractivity contribution in [3.63, 3.8) is 0 Å². The number of benzene rings is 1. The van der Waals surface area contributed by atoms with Gasteiger partial charge in [0.05, 0.1) is 15.4 Å². The molecule has 3 aromatic rings. The van der Waals surface area contributed by atoms with Crippen LogP contribution in [0.15, 0.2) is 30.6 Å². The molecular weight excluding hydrogens is 346 g/mol. The van der Waals surface area contributed by atoms with Crippen LogP contribution in [0.4, 0.5) is 5.95 Å². The number of nitrogens with zero attached hydrogens (tertiary/aromatic N) is 4. The van der Waals surface area contributed by atoms with Crippen molar-refractivity contribution in [2.45, 2.75) is 19.8 Å². The summed E-state index contributed by atoms with van der Waals surface area (Å²) in [4.78, 5) is 29.0. The highest BCUT2D eigenvalue weighted by Gasteiger charge is 2.23. The zero-order chi connectivity index (χ0) is 18.1.